The SMILES string of the molecule is Cc1nc2ccc(C(=O)O)cc2n1-c1ccc(Cl)c(F)c1. The molecule has 6 heteroatoms. The van der Waals surface area contributed by atoms with Crippen molar-refractivity contribution >= 4 is 28.6 Å². The van der Waals surface area contributed by atoms with E-state index >= 15 is 0 Å². The first-order valence-corrected chi connectivity index (χ1v) is 6.53. The Balaban J connectivity index is 2.29. The van der Waals surface area contributed by atoms with Crippen LogP contribution >= 0.6 is 11.6 Å². The van der Waals surface area contributed by atoms with E-state index in [1.807, 2.05) is 0 Å². The van der Waals surface area contributed by atoms with Crippen molar-refractivity contribution in [3.8, 4) is 5.69 Å². The van der Waals surface area contributed by atoms with Gasteiger partial charge < -0.3 is 5.11 Å². The molecule has 0 spiro atoms. The minimum atomic E-state index is -1.02. The fourth-order valence-corrected chi connectivity index (χ4v) is 2.40. The summed E-state index contributed by atoms with van der Waals surface area (Å²) in [6.07, 6.45) is 0. The van der Waals surface area contributed by atoms with Crippen LogP contribution in [0.2, 0.25) is 5.02 Å². The molecule has 106 valence electrons. The summed E-state index contributed by atoms with van der Waals surface area (Å²) in [4.78, 5) is 15.4. The minimum Gasteiger partial charge on any atom is -0.478 e. The summed E-state index contributed by atoms with van der Waals surface area (Å²) in [5.74, 6) is -0.927. The van der Waals surface area contributed by atoms with Crippen molar-refractivity contribution in [2.24, 2.45) is 0 Å². The number of nitrogens with zero attached hydrogens (tertiary/aromatic N) is 2. The van der Waals surface area contributed by atoms with Crippen LogP contribution in [0.5, 0.6) is 0 Å². The van der Waals surface area contributed by atoms with Crippen molar-refractivity contribution < 1.29 is 14.3 Å². The van der Waals surface area contributed by atoms with Crippen LogP contribution in [0.4, 0.5) is 4.39 Å². The molecule has 0 unspecified atom stereocenters. The number of imidazole rings is 1. The Morgan fingerprint density at radius 3 is 2.71 bits per heavy atom. The topological polar surface area (TPSA) is 55.1 Å². The molecule has 0 amide bonds. The van der Waals surface area contributed by atoms with Gasteiger partial charge in [0.1, 0.15) is 11.6 Å². The van der Waals surface area contributed by atoms with Crippen LogP contribution in [-0.4, -0.2) is 20.6 Å². The van der Waals surface area contributed by atoms with E-state index < -0.39 is 11.8 Å². The van der Waals surface area contributed by atoms with E-state index in [2.05, 4.69) is 4.98 Å². The normalized spacial score (nSPS) is 11.0. The lowest BCUT2D eigenvalue weighted by molar-refractivity contribution is 0.0697. The van der Waals surface area contributed by atoms with E-state index in [-0.39, 0.29) is 10.6 Å². The van der Waals surface area contributed by atoms with Gasteiger partial charge in [-0.2, -0.15) is 0 Å². The maximum Gasteiger partial charge on any atom is 0.335 e. The fourth-order valence-electron chi connectivity index (χ4n) is 2.28. The van der Waals surface area contributed by atoms with Crippen LogP contribution in [0.15, 0.2) is 36.4 Å². The van der Waals surface area contributed by atoms with Crippen LogP contribution < -0.4 is 0 Å². The third kappa shape index (κ3) is 2.25. The Kier molecular flexibility index (Phi) is 3.14. The summed E-state index contributed by atoms with van der Waals surface area (Å²) in [6, 6.07) is 9.05. The number of halogens is 2. The Hall–Kier alpha value is -2.40. The lowest BCUT2D eigenvalue weighted by Crippen LogP contribution is -2.00. The van der Waals surface area contributed by atoms with Gasteiger partial charge in [0.25, 0.3) is 0 Å². The van der Waals surface area contributed by atoms with Gasteiger partial charge in [-0.05, 0) is 43.3 Å². The second-order valence-corrected chi connectivity index (χ2v) is 5.01. The molecule has 0 saturated heterocycles. The first-order chi connectivity index (χ1) is 9.97. The first kappa shape index (κ1) is 13.6. The van der Waals surface area contributed by atoms with Crippen molar-refractivity contribution in [1.82, 2.24) is 9.55 Å². The van der Waals surface area contributed by atoms with Gasteiger partial charge in [-0.1, -0.05) is 11.6 Å². The minimum absolute atomic E-state index is 0.0343. The van der Waals surface area contributed by atoms with Crippen LogP contribution in [-0.2, 0) is 0 Å². The molecule has 3 aromatic rings. The number of carbonyl (C=O) groups is 1. The monoisotopic (exact) mass is 304 g/mol. The zero-order valence-electron chi connectivity index (χ0n) is 11.0. The molecule has 1 aromatic heterocycles. The summed E-state index contributed by atoms with van der Waals surface area (Å²) < 4.78 is 15.3. The van der Waals surface area contributed by atoms with E-state index in [0.29, 0.717) is 22.5 Å². The molecule has 0 fully saturated rings. The van der Waals surface area contributed by atoms with Crippen molar-refractivity contribution in [2.45, 2.75) is 6.92 Å². The summed E-state index contributed by atoms with van der Waals surface area (Å²) in [6.45, 7) is 1.77. The van der Waals surface area contributed by atoms with Crippen LogP contribution in [0.3, 0.4) is 0 Å². The first-order valence-electron chi connectivity index (χ1n) is 6.15. The third-order valence-electron chi connectivity index (χ3n) is 3.23. The predicted octanol–water partition coefficient (Wildman–Crippen LogP) is 3.82. The summed E-state index contributed by atoms with van der Waals surface area (Å²) in [7, 11) is 0. The van der Waals surface area contributed by atoms with Gasteiger partial charge in [0, 0.05) is 0 Å². The molecule has 0 aliphatic carbocycles. The molecule has 0 aliphatic heterocycles. The smallest absolute Gasteiger partial charge is 0.335 e. The average Bonchev–Trinajstić information content (AvgIpc) is 2.77. The van der Waals surface area contributed by atoms with Crippen molar-refractivity contribution in [1.29, 1.82) is 0 Å². The molecule has 2 aromatic carbocycles. The molecule has 21 heavy (non-hydrogen) atoms. The van der Waals surface area contributed by atoms with E-state index in [4.69, 9.17) is 16.7 Å². The summed E-state index contributed by atoms with van der Waals surface area (Å²) >= 11 is 5.69. The highest BCUT2D eigenvalue weighted by Crippen LogP contribution is 2.25. The number of aromatic nitrogens is 2. The Morgan fingerprint density at radius 1 is 1.29 bits per heavy atom. The number of carboxylic acids is 1. The molecule has 1 heterocycles. The number of rotatable bonds is 2. The fraction of sp³-hybridized carbons (Fsp3) is 0.0667. The molecule has 0 radical (unpaired) electrons. The zero-order chi connectivity index (χ0) is 15.1. The van der Waals surface area contributed by atoms with E-state index in [0.717, 1.165) is 0 Å². The molecule has 0 aliphatic rings. The Morgan fingerprint density at radius 2 is 2.05 bits per heavy atom. The second-order valence-electron chi connectivity index (χ2n) is 4.60. The van der Waals surface area contributed by atoms with Crippen molar-refractivity contribution in [3.05, 3.63) is 58.6 Å². The zero-order valence-corrected chi connectivity index (χ0v) is 11.7. The highest BCUT2D eigenvalue weighted by molar-refractivity contribution is 6.30. The highest BCUT2D eigenvalue weighted by Gasteiger charge is 2.13. The number of hydrogen-bond donors (Lipinski definition) is 1. The number of benzene rings is 2. The van der Waals surface area contributed by atoms with Crippen LogP contribution in [0.1, 0.15) is 16.2 Å². The van der Waals surface area contributed by atoms with Gasteiger partial charge in [0.2, 0.25) is 0 Å². The maximum atomic E-state index is 13.7. The van der Waals surface area contributed by atoms with Crippen LogP contribution in [0, 0.1) is 12.7 Å². The number of carboxylic acid groups (broad SMARTS) is 1. The molecule has 1 N–H and O–H groups in total. The van der Waals surface area contributed by atoms with Gasteiger partial charge >= 0.3 is 5.97 Å². The summed E-state index contributed by atoms with van der Waals surface area (Å²) in [5.41, 5.74) is 1.94. The maximum absolute atomic E-state index is 13.7. The Bertz CT molecular complexity index is 873. The molecule has 3 rings (SSSR count). The summed E-state index contributed by atoms with van der Waals surface area (Å²) in [5, 5.41) is 9.12. The van der Waals surface area contributed by atoms with Gasteiger partial charge in [0.05, 0.1) is 27.3 Å². The lowest BCUT2D eigenvalue weighted by Gasteiger charge is -2.08. The van der Waals surface area contributed by atoms with Crippen LogP contribution in [0.25, 0.3) is 16.7 Å². The lowest BCUT2D eigenvalue weighted by atomic mass is 10.2. The molecular weight excluding hydrogens is 295 g/mol. The standard InChI is InChI=1S/C15H10ClFN2O2/c1-8-18-13-5-2-9(15(20)21)6-14(13)19(8)10-3-4-11(16)12(17)7-10/h2-7H,1H3,(H,20,21). The number of aromatic carboxylic acids is 1. The van der Waals surface area contributed by atoms with E-state index in [1.165, 1.54) is 24.3 Å². The quantitative estimate of drug-likeness (QED) is 0.783. The molecule has 0 atom stereocenters. The largest absolute Gasteiger partial charge is 0.478 e. The second kappa shape index (κ2) is 4.86. The molecule has 4 nitrogen and oxygen atoms in total. The highest BCUT2D eigenvalue weighted by atomic mass is 35.5. The Labute approximate surface area is 124 Å². The van der Waals surface area contributed by atoms with E-state index in [1.54, 1.807) is 23.6 Å². The number of hydrogen-bond acceptors (Lipinski definition) is 2. The number of aryl methyl sites for hydroxylation is 1. The number of fused-ring (bicyclic) bond motifs is 1. The van der Waals surface area contributed by atoms with Crippen molar-refractivity contribution in [2.75, 3.05) is 0 Å². The molecule has 0 saturated carbocycles. The van der Waals surface area contributed by atoms with Gasteiger partial charge in [-0.3, -0.25) is 4.57 Å². The molecular formula is C15H10ClFN2O2. The van der Waals surface area contributed by atoms with Gasteiger partial charge in [-0.25, -0.2) is 14.2 Å². The van der Waals surface area contributed by atoms with Crippen molar-refractivity contribution in [3.63, 3.8) is 0 Å². The predicted molar refractivity (Wildman–Crippen MR) is 77.7 cm³/mol. The third-order valence-corrected chi connectivity index (χ3v) is 3.54. The molecule has 0 bridgehead atoms. The average molecular weight is 305 g/mol. The van der Waals surface area contributed by atoms with Gasteiger partial charge in [-0.15, -0.1) is 0 Å². The van der Waals surface area contributed by atoms with Gasteiger partial charge in [0.15, 0.2) is 0 Å². The van der Waals surface area contributed by atoms with E-state index in [9.17, 15) is 9.18 Å².